The summed E-state index contributed by atoms with van der Waals surface area (Å²) < 4.78 is 27.5. The summed E-state index contributed by atoms with van der Waals surface area (Å²) in [6, 6.07) is 1.67. The predicted molar refractivity (Wildman–Crippen MR) is 74.4 cm³/mol. The fourth-order valence-corrected chi connectivity index (χ4v) is 2.73. The van der Waals surface area contributed by atoms with Crippen molar-refractivity contribution in [2.24, 2.45) is 0 Å². The van der Waals surface area contributed by atoms with Crippen molar-refractivity contribution in [1.29, 1.82) is 0 Å². The van der Waals surface area contributed by atoms with E-state index in [1.165, 1.54) is 29.3 Å². The van der Waals surface area contributed by atoms with Crippen molar-refractivity contribution in [1.82, 2.24) is 29.3 Å². The fraction of sp³-hybridized carbons (Fsp3) is 0.0833. The van der Waals surface area contributed by atoms with Crippen LogP contribution < -0.4 is 4.72 Å². The molecule has 0 saturated carbocycles. The number of nitrogens with one attached hydrogen (secondary N) is 1. The number of amides is 1. The number of aromatic nitrogens is 5. The van der Waals surface area contributed by atoms with Gasteiger partial charge in [0, 0.05) is 24.7 Å². The highest BCUT2D eigenvalue weighted by Gasteiger charge is 2.22. The molecule has 1 N–H and O–H groups in total. The topological polar surface area (TPSA) is 119 Å². The Bertz CT molecular complexity index is 951. The van der Waals surface area contributed by atoms with Crippen molar-refractivity contribution in [2.45, 2.75) is 11.9 Å². The molecule has 0 fully saturated rings. The third-order valence-electron chi connectivity index (χ3n) is 2.94. The zero-order chi connectivity index (χ0) is 15.7. The molecule has 10 heteroatoms. The molecule has 0 saturated heterocycles. The molecule has 3 heterocycles. The number of hydrogen-bond acceptors (Lipinski definition) is 7. The molecule has 0 atom stereocenters. The molecule has 0 aromatic carbocycles. The summed E-state index contributed by atoms with van der Waals surface area (Å²) in [7, 11) is -4.09. The highest BCUT2D eigenvalue weighted by Crippen LogP contribution is 2.10. The maximum Gasteiger partial charge on any atom is 0.283 e. The van der Waals surface area contributed by atoms with E-state index >= 15 is 0 Å². The summed E-state index contributed by atoms with van der Waals surface area (Å²) in [5, 5.41) is 3.68. The van der Waals surface area contributed by atoms with Crippen LogP contribution in [0.25, 0.3) is 5.65 Å². The molecule has 0 aliphatic heterocycles. The van der Waals surface area contributed by atoms with Crippen molar-refractivity contribution in [3.8, 4) is 0 Å². The quantitative estimate of drug-likeness (QED) is 0.718. The molecule has 0 spiro atoms. The Labute approximate surface area is 125 Å². The summed E-state index contributed by atoms with van der Waals surface area (Å²) in [6.45, 7) is 1.64. The van der Waals surface area contributed by atoms with Crippen LogP contribution in [0.15, 0.2) is 42.1 Å². The normalized spacial score (nSPS) is 11.5. The number of aryl methyl sites for hydroxylation is 1. The average molecular weight is 318 g/mol. The molecule has 3 rings (SSSR count). The van der Waals surface area contributed by atoms with Crippen LogP contribution in [0.3, 0.4) is 0 Å². The van der Waals surface area contributed by atoms with E-state index < -0.39 is 15.9 Å². The highest BCUT2D eigenvalue weighted by molar-refractivity contribution is 7.90. The Kier molecular flexibility index (Phi) is 3.29. The number of carbonyl (C=O) groups is 1. The second-order valence-electron chi connectivity index (χ2n) is 4.34. The van der Waals surface area contributed by atoms with Crippen LogP contribution in [0.5, 0.6) is 0 Å². The van der Waals surface area contributed by atoms with Gasteiger partial charge in [-0.25, -0.2) is 19.2 Å². The highest BCUT2D eigenvalue weighted by atomic mass is 32.2. The standard InChI is InChI=1S/C12H10N6O3S/c1-8-9(6-15-10-2-3-16-18(8)10)12(19)17-22(20,21)11-7-13-4-5-14-11/h2-7H,1H3,(H,17,19). The molecule has 0 bridgehead atoms. The van der Waals surface area contributed by atoms with E-state index in [1.807, 2.05) is 4.72 Å². The third kappa shape index (κ3) is 2.39. The first-order chi connectivity index (χ1) is 10.5. The van der Waals surface area contributed by atoms with Gasteiger partial charge in [-0.15, -0.1) is 0 Å². The predicted octanol–water partition coefficient (Wildman–Crippen LogP) is -0.0536. The number of nitrogens with zero attached hydrogens (tertiary/aromatic N) is 5. The van der Waals surface area contributed by atoms with Crippen LogP contribution in [-0.4, -0.2) is 38.9 Å². The fourth-order valence-electron chi connectivity index (χ4n) is 1.87. The Morgan fingerprint density at radius 3 is 2.73 bits per heavy atom. The van der Waals surface area contributed by atoms with Crippen molar-refractivity contribution >= 4 is 21.6 Å². The van der Waals surface area contributed by atoms with Crippen LogP contribution in [0.4, 0.5) is 0 Å². The number of carbonyl (C=O) groups excluding carboxylic acids is 1. The summed E-state index contributed by atoms with van der Waals surface area (Å²) in [5.41, 5.74) is 1.14. The Morgan fingerprint density at radius 1 is 1.18 bits per heavy atom. The molecule has 22 heavy (non-hydrogen) atoms. The largest absolute Gasteiger partial charge is 0.283 e. The average Bonchev–Trinajstić information content (AvgIpc) is 2.97. The number of hydrogen-bond donors (Lipinski definition) is 1. The van der Waals surface area contributed by atoms with E-state index in [2.05, 4.69) is 20.1 Å². The zero-order valence-electron chi connectivity index (χ0n) is 11.3. The maximum absolute atomic E-state index is 12.2. The molecule has 0 unspecified atom stereocenters. The minimum atomic E-state index is -4.09. The summed E-state index contributed by atoms with van der Waals surface area (Å²) >= 11 is 0. The lowest BCUT2D eigenvalue weighted by molar-refractivity contribution is 0.0979. The lowest BCUT2D eigenvalue weighted by Crippen LogP contribution is -2.32. The molecule has 112 valence electrons. The molecule has 9 nitrogen and oxygen atoms in total. The van der Waals surface area contributed by atoms with Gasteiger partial charge in [0.25, 0.3) is 15.9 Å². The van der Waals surface area contributed by atoms with Gasteiger partial charge in [-0.05, 0) is 6.92 Å². The first kappa shape index (κ1) is 14.1. The van der Waals surface area contributed by atoms with Gasteiger partial charge in [-0.1, -0.05) is 0 Å². The van der Waals surface area contributed by atoms with Crippen molar-refractivity contribution in [3.63, 3.8) is 0 Å². The van der Waals surface area contributed by atoms with Gasteiger partial charge in [0.15, 0.2) is 10.7 Å². The van der Waals surface area contributed by atoms with Crippen LogP contribution in [0, 0.1) is 6.92 Å². The van der Waals surface area contributed by atoms with E-state index in [0.717, 1.165) is 6.20 Å². The van der Waals surface area contributed by atoms with Gasteiger partial charge < -0.3 is 0 Å². The molecular weight excluding hydrogens is 308 g/mol. The smallest absolute Gasteiger partial charge is 0.268 e. The molecule has 3 aromatic heterocycles. The van der Waals surface area contributed by atoms with Gasteiger partial charge in [-0.3, -0.25) is 9.78 Å². The number of rotatable bonds is 3. The van der Waals surface area contributed by atoms with Crippen LogP contribution in [0.1, 0.15) is 16.1 Å². The molecule has 0 aliphatic rings. The third-order valence-corrected chi connectivity index (χ3v) is 4.16. The van der Waals surface area contributed by atoms with Crippen molar-refractivity contribution in [2.75, 3.05) is 0 Å². The van der Waals surface area contributed by atoms with Gasteiger partial charge >= 0.3 is 0 Å². The summed E-state index contributed by atoms with van der Waals surface area (Å²) in [5.74, 6) is -0.812. The Balaban J connectivity index is 1.95. The lowest BCUT2D eigenvalue weighted by Gasteiger charge is -2.08. The minimum absolute atomic E-state index is 0.101. The monoisotopic (exact) mass is 318 g/mol. The van der Waals surface area contributed by atoms with Crippen LogP contribution in [0.2, 0.25) is 0 Å². The van der Waals surface area contributed by atoms with Gasteiger partial charge in [0.2, 0.25) is 0 Å². The van der Waals surface area contributed by atoms with Gasteiger partial charge in [0.1, 0.15) is 0 Å². The van der Waals surface area contributed by atoms with Gasteiger partial charge in [0.05, 0.1) is 23.7 Å². The van der Waals surface area contributed by atoms with Crippen LogP contribution >= 0.6 is 0 Å². The Morgan fingerprint density at radius 2 is 2.00 bits per heavy atom. The molecule has 1 amide bonds. The summed E-state index contributed by atoms with van der Waals surface area (Å²) in [6.07, 6.45) is 6.45. The van der Waals surface area contributed by atoms with Crippen molar-refractivity contribution in [3.05, 3.63) is 48.3 Å². The molecule has 3 aromatic rings. The zero-order valence-corrected chi connectivity index (χ0v) is 12.1. The second kappa shape index (κ2) is 5.15. The minimum Gasteiger partial charge on any atom is -0.268 e. The number of fused-ring (bicyclic) bond motifs is 1. The van der Waals surface area contributed by atoms with Crippen molar-refractivity contribution < 1.29 is 13.2 Å². The maximum atomic E-state index is 12.2. The van der Waals surface area contributed by atoms with E-state index in [4.69, 9.17) is 0 Å². The second-order valence-corrected chi connectivity index (χ2v) is 5.97. The first-order valence-electron chi connectivity index (χ1n) is 6.11. The molecule has 0 radical (unpaired) electrons. The van der Waals surface area contributed by atoms with E-state index in [-0.39, 0.29) is 10.6 Å². The summed E-state index contributed by atoms with van der Waals surface area (Å²) in [4.78, 5) is 23.6. The lowest BCUT2D eigenvalue weighted by atomic mass is 10.2. The van der Waals surface area contributed by atoms with Crippen LogP contribution in [-0.2, 0) is 10.0 Å². The molecular formula is C12H10N6O3S. The number of sulfonamides is 1. The van der Waals surface area contributed by atoms with Gasteiger partial charge in [-0.2, -0.15) is 13.5 Å². The van der Waals surface area contributed by atoms with E-state index in [9.17, 15) is 13.2 Å². The molecule has 0 aliphatic carbocycles. The SMILES string of the molecule is Cc1c(C(=O)NS(=O)(=O)c2cnccn2)cnc2ccnn12. The Hall–Kier alpha value is -2.88. The van der Waals surface area contributed by atoms with E-state index in [0.29, 0.717) is 11.3 Å². The first-order valence-corrected chi connectivity index (χ1v) is 7.60. The van der Waals surface area contributed by atoms with E-state index in [1.54, 1.807) is 13.0 Å².